The van der Waals surface area contributed by atoms with E-state index in [0.717, 1.165) is 12.8 Å². The molecule has 0 atom stereocenters. The number of esters is 1. The Morgan fingerprint density at radius 1 is 1.00 bits per heavy atom. The molecule has 154 valence electrons. The average Bonchev–Trinajstić information content (AvgIpc) is 2.76. The van der Waals surface area contributed by atoms with E-state index in [1.54, 1.807) is 7.11 Å². The molecule has 0 amide bonds. The molecule has 3 rings (SSSR count). The second-order valence-corrected chi connectivity index (χ2v) is 7.90. The number of ether oxygens (including phenoxy) is 2. The minimum absolute atomic E-state index is 0.299. The van der Waals surface area contributed by atoms with Gasteiger partial charge in [0.05, 0.1) is 12.2 Å². The number of allylic oxidation sites excluding steroid dienone is 1. The van der Waals surface area contributed by atoms with Crippen LogP contribution >= 0.6 is 0 Å². The Bertz CT molecular complexity index is 782. The van der Waals surface area contributed by atoms with Crippen molar-refractivity contribution in [3.8, 4) is 5.75 Å². The molecule has 0 unspecified atom stereocenters. The van der Waals surface area contributed by atoms with Crippen LogP contribution in [0.15, 0.2) is 60.7 Å². The van der Waals surface area contributed by atoms with Gasteiger partial charge in [0.2, 0.25) is 0 Å². The van der Waals surface area contributed by atoms with Crippen LogP contribution in [-0.2, 0) is 11.2 Å². The molecule has 2 aromatic rings. The van der Waals surface area contributed by atoms with Crippen molar-refractivity contribution in [2.24, 2.45) is 5.92 Å². The number of carbonyl (C=O) groups is 1. The average molecular weight is 393 g/mol. The number of rotatable bonds is 8. The number of methoxy groups -OCH3 is 1. The van der Waals surface area contributed by atoms with Crippen LogP contribution in [-0.4, -0.2) is 19.7 Å². The molecule has 29 heavy (non-hydrogen) atoms. The smallest absolute Gasteiger partial charge is 0.343 e. The molecule has 1 aliphatic rings. The fourth-order valence-corrected chi connectivity index (χ4v) is 4.06. The molecular formula is C26H32O3. The van der Waals surface area contributed by atoms with Gasteiger partial charge in [-0.25, -0.2) is 4.79 Å². The lowest BCUT2D eigenvalue weighted by atomic mass is 9.78. The molecule has 0 saturated heterocycles. The summed E-state index contributed by atoms with van der Waals surface area (Å²) in [5, 5.41) is 0. The van der Waals surface area contributed by atoms with Gasteiger partial charge in [-0.15, -0.1) is 0 Å². The maximum Gasteiger partial charge on any atom is 0.343 e. The van der Waals surface area contributed by atoms with Gasteiger partial charge in [0.1, 0.15) is 5.75 Å². The zero-order valence-electron chi connectivity index (χ0n) is 17.6. The van der Waals surface area contributed by atoms with Gasteiger partial charge < -0.3 is 9.47 Å². The number of benzene rings is 2. The van der Waals surface area contributed by atoms with Crippen molar-refractivity contribution in [3.63, 3.8) is 0 Å². The molecule has 1 saturated carbocycles. The van der Waals surface area contributed by atoms with Gasteiger partial charge in [0.25, 0.3) is 0 Å². The van der Waals surface area contributed by atoms with E-state index in [2.05, 4.69) is 31.2 Å². The molecule has 3 nitrogen and oxygen atoms in total. The van der Waals surface area contributed by atoms with Gasteiger partial charge in [-0.1, -0.05) is 49.8 Å². The minimum Gasteiger partial charge on any atom is -0.423 e. The van der Waals surface area contributed by atoms with E-state index >= 15 is 0 Å². The summed E-state index contributed by atoms with van der Waals surface area (Å²) >= 11 is 0. The summed E-state index contributed by atoms with van der Waals surface area (Å²) in [5.41, 5.74) is 3.19. The van der Waals surface area contributed by atoms with E-state index in [4.69, 9.17) is 9.47 Å². The van der Waals surface area contributed by atoms with Crippen LogP contribution in [0.3, 0.4) is 0 Å². The highest BCUT2D eigenvalue weighted by molar-refractivity contribution is 5.91. The Morgan fingerprint density at radius 2 is 1.69 bits per heavy atom. The van der Waals surface area contributed by atoms with Gasteiger partial charge in [-0.05, 0) is 79.3 Å². The molecule has 0 spiro atoms. The molecule has 0 radical (unpaired) electrons. The van der Waals surface area contributed by atoms with Crippen molar-refractivity contribution in [1.29, 1.82) is 0 Å². The highest BCUT2D eigenvalue weighted by Gasteiger charge is 2.21. The summed E-state index contributed by atoms with van der Waals surface area (Å²) in [6, 6.07) is 15.8. The zero-order valence-corrected chi connectivity index (χ0v) is 17.6. The molecule has 0 aliphatic heterocycles. The van der Waals surface area contributed by atoms with Crippen molar-refractivity contribution in [1.82, 2.24) is 0 Å². The Labute approximate surface area is 174 Å². The van der Waals surface area contributed by atoms with Gasteiger partial charge in [-0.2, -0.15) is 0 Å². The van der Waals surface area contributed by atoms with Crippen LogP contribution in [0.1, 0.15) is 66.4 Å². The molecular weight excluding hydrogens is 360 g/mol. The van der Waals surface area contributed by atoms with E-state index in [0.29, 0.717) is 29.8 Å². The van der Waals surface area contributed by atoms with Crippen LogP contribution in [0.2, 0.25) is 0 Å². The van der Waals surface area contributed by atoms with Crippen LogP contribution in [0.4, 0.5) is 0 Å². The van der Waals surface area contributed by atoms with E-state index in [1.807, 2.05) is 36.4 Å². The standard InChI is InChI=1S/C26H32O3/c1-3-5-20-9-17-25(18-10-20)29-26(27)24-15-13-23(14-16-24)22-11-7-21(8-12-22)6-4-19-28-2/h4,6,9-10,13-18,21-22H,3,5,7-8,11-12,19H2,1-2H3. The molecule has 2 aromatic carbocycles. The third kappa shape index (κ3) is 6.30. The molecule has 3 heteroatoms. The number of hydrogen-bond donors (Lipinski definition) is 0. The molecule has 0 aromatic heterocycles. The van der Waals surface area contributed by atoms with Crippen LogP contribution in [0.25, 0.3) is 0 Å². The third-order valence-electron chi connectivity index (χ3n) is 5.73. The SMILES string of the molecule is CCCc1ccc(OC(=O)c2ccc(C3CCC(C=CCOC)CC3)cc2)cc1. The largest absolute Gasteiger partial charge is 0.423 e. The predicted octanol–water partition coefficient (Wildman–Crippen LogP) is 6.33. The second-order valence-electron chi connectivity index (χ2n) is 7.90. The quantitative estimate of drug-likeness (QED) is 0.299. The Morgan fingerprint density at radius 3 is 2.31 bits per heavy atom. The van der Waals surface area contributed by atoms with Crippen molar-refractivity contribution >= 4 is 5.97 Å². The van der Waals surface area contributed by atoms with Gasteiger partial charge >= 0.3 is 5.97 Å². The van der Waals surface area contributed by atoms with E-state index in [-0.39, 0.29) is 5.97 Å². The lowest BCUT2D eigenvalue weighted by Gasteiger charge is -2.27. The summed E-state index contributed by atoms with van der Waals surface area (Å²) in [4.78, 5) is 12.4. The molecule has 1 fully saturated rings. The summed E-state index contributed by atoms with van der Waals surface area (Å²) in [7, 11) is 1.73. The monoisotopic (exact) mass is 392 g/mol. The first-order valence-corrected chi connectivity index (χ1v) is 10.8. The number of hydrogen-bond acceptors (Lipinski definition) is 3. The summed E-state index contributed by atoms with van der Waals surface area (Å²) in [6.07, 6.45) is 11.4. The maximum absolute atomic E-state index is 12.4. The highest BCUT2D eigenvalue weighted by Crippen LogP contribution is 2.36. The zero-order chi connectivity index (χ0) is 20.5. The first-order valence-electron chi connectivity index (χ1n) is 10.8. The third-order valence-corrected chi connectivity index (χ3v) is 5.73. The minimum atomic E-state index is -0.299. The van der Waals surface area contributed by atoms with Crippen LogP contribution in [0, 0.1) is 5.92 Å². The first-order chi connectivity index (χ1) is 14.2. The van der Waals surface area contributed by atoms with Crippen LogP contribution in [0.5, 0.6) is 5.75 Å². The van der Waals surface area contributed by atoms with E-state index in [1.165, 1.54) is 36.8 Å². The number of carbonyl (C=O) groups excluding carboxylic acids is 1. The summed E-state index contributed by atoms with van der Waals surface area (Å²) < 4.78 is 10.6. The Kier molecular flexibility index (Phi) is 8.06. The molecule has 0 bridgehead atoms. The fraction of sp³-hybridized carbons (Fsp3) is 0.423. The lowest BCUT2D eigenvalue weighted by Crippen LogP contribution is -2.13. The lowest BCUT2D eigenvalue weighted by molar-refractivity contribution is 0.0734. The van der Waals surface area contributed by atoms with Crippen molar-refractivity contribution in [2.45, 2.75) is 51.4 Å². The predicted molar refractivity (Wildman–Crippen MR) is 118 cm³/mol. The highest BCUT2D eigenvalue weighted by atomic mass is 16.5. The Balaban J connectivity index is 1.52. The number of aryl methyl sites for hydroxylation is 1. The normalized spacial score (nSPS) is 19.4. The van der Waals surface area contributed by atoms with Crippen LogP contribution < -0.4 is 4.74 Å². The van der Waals surface area contributed by atoms with Crippen molar-refractivity contribution < 1.29 is 14.3 Å². The Hall–Kier alpha value is -2.39. The fourth-order valence-electron chi connectivity index (χ4n) is 4.06. The molecule has 0 heterocycles. The molecule has 1 aliphatic carbocycles. The van der Waals surface area contributed by atoms with Gasteiger partial charge in [0, 0.05) is 7.11 Å². The topological polar surface area (TPSA) is 35.5 Å². The maximum atomic E-state index is 12.4. The summed E-state index contributed by atoms with van der Waals surface area (Å²) in [5.74, 6) is 1.54. The molecule has 0 N–H and O–H groups in total. The van der Waals surface area contributed by atoms with E-state index in [9.17, 15) is 4.79 Å². The summed E-state index contributed by atoms with van der Waals surface area (Å²) in [6.45, 7) is 2.85. The van der Waals surface area contributed by atoms with Crippen molar-refractivity contribution in [2.75, 3.05) is 13.7 Å². The van der Waals surface area contributed by atoms with Gasteiger partial charge in [-0.3, -0.25) is 0 Å². The first kappa shape index (κ1) is 21.3. The second kappa shape index (κ2) is 11.0. The van der Waals surface area contributed by atoms with Gasteiger partial charge in [0.15, 0.2) is 0 Å². The van der Waals surface area contributed by atoms with Crippen molar-refractivity contribution in [3.05, 3.63) is 77.4 Å². The van der Waals surface area contributed by atoms with E-state index < -0.39 is 0 Å².